The highest BCUT2D eigenvalue weighted by Crippen LogP contribution is 2.18. The smallest absolute Gasteiger partial charge is 0.306 e. The molecule has 0 aromatic carbocycles. The molecule has 1 unspecified atom stereocenters. The molecule has 0 saturated carbocycles. The van der Waals surface area contributed by atoms with Gasteiger partial charge in [0, 0.05) is 19.3 Å². The number of unbranched alkanes of at least 4 members (excludes halogenated alkanes) is 46. The van der Waals surface area contributed by atoms with Gasteiger partial charge in [-0.25, -0.2) is 0 Å². The first-order chi connectivity index (χ1) is 40.5. The molecule has 0 N–H and O–H groups in total. The Morgan fingerprint density at radius 3 is 0.744 bits per heavy atom. The standard InChI is InChI=1S/C76H138O6/c1-4-7-10-13-16-19-22-24-26-28-30-32-34-36-37-38-39-41-42-44-46-48-50-52-54-57-60-63-66-69-75(78)81-72-73(71-80-74(77)68-65-62-59-56-21-18-15-12-9-6-3)82-76(79)70-67-64-61-58-55-53-51-49-47-45-43-40-35-33-31-29-27-25-23-20-17-14-11-8-5-2/h12,15,23,25,28-31,35,40,73H,4-11,13-14,16-22,24,26-27,32-34,36-39,41-72H2,1-3H3/b15-12-,25-23-,30-28-,31-29-,40-35-. The van der Waals surface area contributed by atoms with Crippen molar-refractivity contribution in [2.75, 3.05) is 13.2 Å². The van der Waals surface area contributed by atoms with E-state index in [-0.39, 0.29) is 31.1 Å². The van der Waals surface area contributed by atoms with E-state index in [2.05, 4.69) is 81.5 Å². The topological polar surface area (TPSA) is 78.9 Å². The zero-order valence-corrected chi connectivity index (χ0v) is 55.0. The van der Waals surface area contributed by atoms with Crippen molar-refractivity contribution in [1.29, 1.82) is 0 Å². The predicted molar refractivity (Wildman–Crippen MR) is 358 cm³/mol. The third kappa shape index (κ3) is 67.9. The zero-order valence-electron chi connectivity index (χ0n) is 55.0. The van der Waals surface area contributed by atoms with E-state index in [1.807, 2.05) is 0 Å². The van der Waals surface area contributed by atoms with Gasteiger partial charge in [-0.2, -0.15) is 0 Å². The van der Waals surface area contributed by atoms with Crippen LogP contribution in [0.2, 0.25) is 0 Å². The van der Waals surface area contributed by atoms with Crippen LogP contribution in [0.1, 0.15) is 387 Å². The molecule has 0 heterocycles. The molecule has 0 spiro atoms. The Labute approximate surface area is 510 Å². The van der Waals surface area contributed by atoms with Crippen LogP contribution in [0.4, 0.5) is 0 Å². The van der Waals surface area contributed by atoms with Crippen molar-refractivity contribution < 1.29 is 28.6 Å². The van der Waals surface area contributed by atoms with Crippen LogP contribution in [-0.4, -0.2) is 37.2 Å². The fourth-order valence-electron chi connectivity index (χ4n) is 10.7. The van der Waals surface area contributed by atoms with Gasteiger partial charge in [0.05, 0.1) is 0 Å². The van der Waals surface area contributed by atoms with Gasteiger partial charge in [-0.15, -0.1) is 0 Å². The lowest BCUT2D eigenvalue weighted by molar-refractivity contribution is -0.167. The van der Waals surface area contributed by atoms with Crippen LogP contribution in [0.5, 0.6) is 0 Å². The predicted octanol–water partition coefficient (Wildman–Crippen LogP) is 25.1. The summed E-state index contributed by atoms with van der Waals surface area (Å²) in [4.78, 5) is 38.3. The quantitative estimate of drug-likeness (QED) is 0.0261. The average Bonchev–Trinajstić information content (AvgIpc) is 3.48. The largest absolute Gasteiger partial charge is 0.462 e. The molecule has 0 bridgehead atoms. The number of rotatable bonds is 67. The van der Waals surface area contributed by atoms with Crippen molar-refractivity contribution in [2.24, 2.45) is 0 Å². The third-order valence-corrected chi connectivity index (χ3v) is 16.2. The number of allylic oxidation sites excluding steroid dienone is 10. The third-order valence-electron chi connectivity index (χ3n) is 16.2. The molecule has 0 aliphatic heterocycles. The molecule has 0 radical (unpaired) electrons. The zero-order chi connectivity index (χ0) is 59.2. The Morgan fingerprint density at radius 1 is 0.244 bits per heavy atom. The molecule has 0 fully saturated rings. The Kier molecular flexibility index (Phi) is 68.1. The summed E-state index contributed by atoms with van der Waals surface area (Å²) < 4.78 is 16.9. The molecule has 1 atom stereocenters. The number of hydrogen-bond donors (Lipinski definition) is 0. The van der Waals surface area contributed by atoms with E-state index in [1.165, 1.54) is 263 Å². The molecule has 0 rings (SSSR count). The number of carbonyl (C=O) groups is 3. The Bertz CT molecular complexity index is 1460. The highest BCUT2D eigenvalue weighted by molar-refractivity contribution is 5.71. The molecule has 6 nitrogen and oxygen atoms in total. The van der Waals surface area contributed by atoms with Crippen LogP contribution >= 0.6 is 0 Å². The van der Waals surface area contributed by atoms with Crippen molar-refractivity contribution in [3.8, 4) is 0 Å². The summed E-state index contributed by atoms with van der Waals surface area (Å²) in [5.74, 6) is -0.869. The second kappa shape index (κ2) is 70.6. The van der Waals surface area contributed by atoms with Crippen LogP contribution in [-0.2, 0) is 28.6 Å². The van der Waals surface area contributed by atoms with Crippen molar-refractivity contribution in [3.05, 3.63) is 60.8 Å². The normalized spacial score (nSPS) is 12.4. The molecule has 0 aliphatic carbocycles. The second-order valence-electron chi connectivity index (χ2n) is 24.5. The lowest BCUT2D eigenvalue weighted by atomic mass is 10.0. The van der Waals surface area contributed by atoms with Gasteiger partial charge in [0.1, 0.15) is 13.2 Å². The van der Waals surface area contributed by atoms with Gasteiger partial charge in [-0.1, -0.05) is 326 Å². The number of carbonyl (C=O) groups excluding carboxylic acids is 3. The van der Waals surface area contributed by atoms with Gasteiger partial charge in [-0.05, 0) is 103 Å². The van der Waals surface area contributed by atoms with Gasteiger partial charge in [0.2, 0.25) is 0 Å². The van der Waals surface area contributed by atoms with Crippen LogP contribution in [0.15, 0.2) is 60.8 Å². The van der Waals surface area contributed by atoms with Crippen molar-refractivity contribution in [2.45, 2.75) is 393 Å². The summed E-state index contributed by atoms with van der Waals surface area (Å²) in [5.41, 5.74) is 0. The van der Waals surface area contributed by atoms with Gasteiger partial charge < -0.3 is 14.2 Å². The molecule has 0 amide bonds. The molecule has 82 heavy (non-hydrogen) atoms. The summed E-state index contributed by atoms with van der Waals surface area (Å²) in [6, 6.07) is 0. The molecule has 0 aromatic heterocycles. The summed E-state index contributed by atoms with van der Waals surface area (Å²) >= 11 is 0. The lowest BCUT2D eigenvalue weighted by Gasteiger charge is -2.18. The maximum Gasteiger partial charge on any atom is 0.306 e. The Hall–Kier alpha value is -2.89. The maximum absolute atomic E-state index is 12.9. The maximum atomic E-state index is 12.9. The monoisotopic (exact) mass is 1150 g/mol. The Morgan fingerprint density at radius 2 is 0.463 bits per heavy atom. The van der Waals surface area contributed by atoms with E-state index in [9.17, 15) is 14.4 Å². The highest BCUT2D eigenvalue weighted by Gasteiger charge is 2.19. The summed E-state index contributed by atoms with van der Waals surface area (Å²) in [5, 5.41) is 0. The molecular weight excluding hydrogens is 1010 g/mol. The van der Waals surface area contributed by atoms with E-state index in [0.29, 0.717) is 19.3 Å². The molecule has 0 aliphatic rings. The first-order valence-electron chi connectivity index (χ1n) is 36.3. The summed E-state index contributed by atoms with van der Waals surface area (Å²) in [7, 11) is 0. The molecule has 0 saturated heterocycles. The van der Waals surface area contributed by atoms with Crippen molar-refractivity contribution in [1.82, 2.24) is 0 Å². The summed E-state index contributed by atoms with van der Waals surface area (Å²) in [6.45, 7) is 6.61. The van der Waals surface area contributed by atoms with Gasteiger partial charge in [0.25, 0.3) is 0 Å². The van der Waals surface area contributed by atoms with E-state index in [1.54, 1.807) is 0 Å². The van der Waals surface area contributed by atoms with Crippen LogP contribution in [0, 0.1) is 0 Å². The van der Waals surface area contributed by atoms with E-state index < -0.39 is 6.10 Å². The minimum atomic E-state index is -0.779. The van der Waals surface area contributed by atoms with E-state index in [4.69, 9.17) is 14.2 Å². The lowest BCUT2D eigenvalue weighted by Crippen LogP contribution is -2.30. The van der Waals surface area contributed by atoms with Crippen molar-refractivity contribution in [3.63, 3.8) is 0 Å². The number of hydrogen-bond acceptors (Lipinski definition) is 6. The molecule has 478 valence electrons. The molecule has 6 heteroatoms. The minimum Gasteiger partial charge on any atom is -0.462 e. The number of esters is 3. The second-order valence-corrected chi connectivity index (χ2v) is 24.5. The molecule has 0 aromatic rings. The van der Waals surface area contributed by atoms with E-state index in [0.717, 1.165) is 83.5 Å². The van der Waals surface area contributed by atoms with Gasteiger partial charge >= 0.3 is 17.9 Å². The van der Waals surface area contributed by atoms with E-state index >= 15 is 0 Å². The number of ether oxygens (including phenoxy) is 3. The van der Waals surface area contributed by atoms with Crippen molar-refractivity contribution >= 4 is 17.9 Å². The minimum absolute atomic E-state index is 0.0752. The van der Waals surface area contributed by atoms with Crippen LogP contribution in [0.25, 0.3) is 0 Å². The Balaban J connectivity index is 4.14. The fourth-order valence-corrected chi connectivity index (χ4v) is 10.7. The molecular formula is C76H138O6. The van der Waals surface area contributed by atoms with Gasteiger partial charge in [0.15, 0.2) is 6.10 Å². The van der Waals surface area contributed by atoms with Crippen LogP contribution in [0.3, 0.4) is 0 Å². The highest BCUT2D eigenvalue weighted by atomic mass is 16.6. The van der Waals surface area contributed by atoms with Gasteiger partial charge in [-0.3, -0.25) is 14.4 Å². The average molecular weight is 1150 g/mol. The van der Waals surface area contributed by atoms with Crippen LogP contribution < -0.4 is 0 Å². The first kappa shape index (κ1) is 79.1. The first-order valence-corrected chi connectivity index (χ1v) is 36.3. The summed E-state index contributed by atoms with van der Waals surface area (Å²) in [6.07, 6.45) is 91.3. The SMILES string of the molecule is CCC/C=C\CCCCCCCC(=O)OCC(COC(=O)CCCCCCCCCCCCCCCCCCC/C=C\CCCCCCCCCC)OC(=O)CCCCCCCCCCCC/C=C\C/C=C\C/C=C\CCCCCCC. The fraction of sp³-hybridized carbons (Fsp3) is 0.829.